The number of thioether (sulfide) groups is 1. The third-order valence-electron chi connectivity index (χ3n) is 3.59. The summed E-state index contributed by atoms with van der Waals surface area (Å²) in [5.74, 6) is 1.75. The Morgan fingerprint density at radius 2 is 1.52 bits per heavy atom. The van der Waals surface area contributed by atoms with Crippen molar-refractivity contribution in [3.05, 3.63) is 0 Å². The van der Waals surface area contributed by atoms with E-state index in [0.717, 1.165) is 33.0 Å². The molecule has 0 radical (unpaired) electrons. The molecule has 2 heterocycles. The molecule has 138 valence electrons. The van der Waals surface area contributed by atoms with E-state index in [9.17, 15) is 25.9 Å². The van der Waals surface area contributed by atoms with Gasteiger partial charge in [-0.05, 0) is 37.2 Å². The Hall–Kier alpha value is 2.05. The number of nitrogens with zero attached hydrogens (tertiary/aromatic N) is 2. The topological polar surface area (TPSA) is 141 Å². The van der Waals surface area contributed by atoms with Gasteiger partial charge in [0.15, 0.2) is 20.6 Å². The fourth-order valence-electron chi connectivity index (χ4n) is 2.46. The number of aliphatic hydroxyl groups is 1. The van der Waals surface area contributed by atoms with Crippen LogP contribution in [0.15, 0.2) is 0 Å². The van der Waals surface area contributed by atoms with Gasteiger partial charge in [-0.1, -0.05) is 0 Å². The van der Waals surface area contributed by atoms with Crippen LogP contribution in [0, 0.1) is 0 Å². The Kier molecular flexibility index (Phi) is 16.5. The van der Waals surface area contributed by atoms with E-state index in [1.807, 2.05) is 0 Å². The molecule has 0 saturated carbocycles. The van der Waals surface area contributed by atoms with E-state index in [-0.39, 0.29) is 78.3 Å². The zero-order chi connectivity index (χ0) is 17.5. The maximum Gasteiger partial charge on any atom is 1.00 e. The molecule has 0 unspecified atom stereocenters. The Labute approximate surface area is 198 Å². The molecular formula is C11H22N2Na2O7S3. The molecule has 2 aliphatic rings. The summed E-state index contributed by atoms with van der Waals surface area (Å²) in [5, 5.41) is 8.68. The van der Waals surface area contributed by atoms with E-state index in [0.29, 0.717) is 25.9 Å². The van der Waals surface area contributed by atoms with Crippen molar-refractivity contribution in [3.63, 3.8) is 0 Å². The third kappa shape index (κ3) is 11.6. The van der Waals surface area contributed by atoms with Gasteiger partial charge in [-0.25, -0.2) is 25.4 Å². The largest absolute Gasteiger partial charge is 1.00 e. The summed E-state index contributed by atoms with van der Waals surface area (Å²) in [4.78, 5) is 0. The van der Waals surface area contributed by atoms with Gasteiger partial charge in [-0.2, -0.15) is 11.8 Å². The molecule has 0 aromatic carbocycles. The standard InChI is InChI=1S/C7H15NO4S2.C4H9NO3S.2Na/c9-4-3-8(14(10,11)12)7-1-5-13-6-2-7;6-9(7,8)5-3-1-2-4-5;;/h7,9H,1-6H2,(H,10,11,12);1-4H2,(H,6,7,8);;/q;;2*+1/p-2. The van der Waals surface area contributed by atoms with Gasteiger partial charge in [-0.15, -0.1) is 0 Å². The van der Waals surface area contributed by atoms with E-state index < -0.39 is 20.6 Å². The fourth-order valence-corrected chi connectivity index (χ4v) is 5.13. The van der Waals surface area contributed by atoms with Crippen molar-refractivity contribution in [2.75, 3.05) is 37.7 Å². The molecule has 2 rings (SSSR count). The average molecular weight is 436 g/mol. The number of aliphatic hydroxyl groups excluding tert-OH is 1. The second-order valence-electron chi connectivity index (χ2n) is 5.20. The summed E-state index contributed by atoms with van der Waals surface area (Å²) < 4.78 is 65.1. The maximum atomic E-state index is 10.9. The number of rotatable bonds is 5. The van der Waals surface area contributed by atoms with Gasteiger partial charge in [0.1, 0.15) is 0 Å². The molecular weight excluding hydrogens is 414 g/mol. The van der Waals surface area contributed by atoms with Crippen molar-refractivity contribution in [1.29, 1.82) is 0 Å². The second kappa shape index (κ2) is 14.1. The molecule has 9 nitrogen and oxygen atoms in total. The molecule has 25 heavy (non-hydrogen) atoms. The summed E-state index contributed by atoms with van der Waals surface area (Å²) in [6.45, 7) is 0.434. The van der Waals surface area contributed by atoms with Gasteiger partial charge in [-0.3, -0.25) is 0 Å². The van der Waals surface area contributed by atoms with E-state index in [4.69, 9.17) is 5.11 Å². The third-order valence-corrected chi connectivity index (χ3v) is 6.69. The zero-order valence-corrected chi connectivity index (χ0v) is 21.1. The molecule has 0 spiro atoms. The van der Waals surface area contributed by atoms with Gasteiger partial charge in [0.2, 0.25) is 0 Å². The zero-order valence-electron chi connectivity index (χ0n) is 14.7. The average Bonchev–Trinajstić information content (AvgIpc) is 2.99. The molecule has 1 N–H and O–H groups in total. The summed E-state index contributed by atoms with van der Waals surface area (Å²) in [7, 11) is -8.53. The minimum absolute atomic E-state index is 0. The van der Waals surface area contributed by atoms with Crippen LogP contribution in [-0.4, -0.2) is 83.4 Å². The second-order valence-corrected chi connectivity index (χ2v) is 9.12. The molecule has 0 amide bonds. The van der Waals surface area contributed by atoms with Crippen molar-refractivity contribution in [1.82, 2.24) is 8.61 Å². The van der Waals surface area contributed by atoms with Crippen LogP contribution in [0.3, 0.4) is 0 Å². The Morgan fingerprint density at radius 3 is 1.84 bits per heavy atom. The van der Waals surface area contributed by atoms with Crippen LogP contribution < -0.4 is 59.1 Å². The predicted molar refractivity (Wildman–Crippen MR) is 84.3 cm³/mol. The fraction of sp³-hybridized carbons (Fsp3) is 1.00. The van der Waals surface area contributed by atoms with Gasteiger partial charge >= 0.3 is 59.1 Å². The number of hydrogen-bond donors (Lipinski definition) is 1. The minimum Gasteiger partial charge on any atom is -0.735 e. The first-order valence-electron chi connectivity index (χ1n) is 7.28. The van der Waals surface area contributed by atoms with Crippen LogP contribution in [0.2, 0.25) is 0 Å². The van der Waals surface area contributed by atoms with E-state index in [1.165, 1.54) is 0 Å². The monoisotopic (exact) mass is 436 g/mol. The van der Waals surface area contributed by atoms with Crippen LogP contribution >= 0.6 is 11.8 Å². The smallest absolute Gasteiger partial charge is 0.735 e. The molecule has 2 fully saturated rings. The molecule has 0 atom stereocenters. The van der Waals surface area contributed by atoms with Crippen molar-refractivity contribution in [2.45, 2.75) is 31.7 Å². The first-order valence-corrected chi connectivity index (χ1v) is 11.2. The number of hydrogen-bond acceptors (Lipinski definition) is 8. The maximum absolute atomic E-state index is 10.9. The normalized spacial score (nSPS) is 19.5. The summed E-state index contributed by atoms with van der Waals surface area (Å²) in [6.07, 6.45) is 3.04. The van der Waals surface area contributed by atoms with Crippen molar-refractivity contribution >= 4 is 32.4 Å². The van der Waals surface area contributed by atoms with Crippen LogP contribution in [-0.2, 0) is 20.6 Å². The van der Waals surface area contributed by atoms with Crippen LogP contribution in [0.25, 0.3) is 0 Å². The van der Waals surface area contributed by atoms with Crippen LogP contribution in [0.5, 0.6) is 0 Å². The van der Waals surface area contributed by atoms with Crippen molar-refractivity contribution in [3.8, 4) is 0 Å². The SMILES string of the molecule is O=S(=O)([O-])N(CCO)C1CCSCC1.O=S(=O)([O-])N1CCCC1.[Na+].[Na+]. The van der Waals surface area contributed by atoms with Crippen LogP contribution in [0.1, 0.15) is 25.7 Å². The first kappa shape index (κ1) is 29.3. The van der Waals surface area contributed by atoms with Gasteiger partial charge < -0.3 is 14.2 Å². The van der Waals surface area contributed by atoms with Gasteiger partial charge in [0.25, 0.3) is 0 Å². The Balaban J connectivity index is 0. The molecule has 2 saturated heterocycles. The molecule has 2 aliphatic heterocycles. The summed E-state index contributed by atoms with van der Waals surface area (Å²) in [5.41, 5.74) is 0. The van der Waals surface area contributed by atoms with E-state index >= 15 is 0 Å². The molecule has 14 heteroatoms. The summed E-state index contributed by atoms with van der Waals surface area (Å²) in [6, 6.07) is -0.217. The Bertz CT molecular complexity index is 550. The molecule has 0 aromatic heterocycles. The quantitative estimate of drug-likeness (QED) is 0.331. The van der Waals surface area contributed by atoms with Gasteiger partial charge in [0.05, 0.1) is 6.61 Å². The minimum atomic E-state index is -4.41. The van der Waals surface area contributed by atoms with E-state index in [2.05, 4.69) is 0 Å². The molecule has 0 aromatic rings. The molecule has 0 bridgehead atoms. The predicted octanol–water partition coefficient (Wildman–Crippen LogP) is -6.81. The first-order chi connectivity index (χ1) is 10.7. The van der Waals surface area contributed by atoms with Crippen LogP contribution in [0.4, 0.5) is 0 Å². The van der Waals surface area contributed by atoms with Crippen molar-refractivity contribution < 1.29 is 90.2 Å². The Morgan fingerprint density at radius 1 is 1.04 bits per heavy atom. The van der Waals surface area contributed by atoms with E-state index in [1.54, 1.807) is 11.8 Å². The van der Waals surface area contributed by atoms with Crippen molar-refractivity contribution in [2.24, 2.45) is 0 Å². The summed E-state index contributed by atoms with van der Waals surface area (Å²) >= 11 is 1.76. The van der Waals surface area contributed by atoms with Gasteiger partial charge in [0, 0.05) is 25.7 Å². The molecule has 0 aliphatic carbocycles.